The van der Waals surface area contributed by atoms with Crippen molar-refractivity contribution in [2.24, 2.45) is 0 Å². The highest BCUT2D eigenvalue weighted by Gasteiger charge is 2.24. The predicted molar refractivity (Wildman–Crippen MR) is 76.9 cm³/mol. The number of rotatable bonds is 5. The van der Waals surface area contributed by atoms with E-state index in [9.17, 15) is 14.0 Å². The van der Waals surface area contributed by atoms with Crippen LogP contribution in [0.3, 0.4) is 0 Å². The third-order valence-electron chi connectivity index (χ3n) is 2.65. The zero-order valence-corrected chi connectivity index (χ0v) is 13.2. The Hall–Kier alpha value is -1.43. The molecule has 1 aromatic carbocycles. The molecule has 0 heterocycles. The molecule has 0 saturated carbocycles. The summed E-state index contributed by atoms with van der Waals surface area (Å²) in [5, 5.41) is 0. The molecule has 1 amide bonds. The smallest absolute Gasteiger partial charge is 0.325 e. The van der Waals surface area contributed by atoms with Gasteiger partial charge in [0.25, 0.3) is 5.91 Å². The van der Waals surface area contributed by atoms with Gasteiger partial charge in [0.05, 0.1) is 12.2 Å². The van der Waals surface area contributed by atoms with Crippen molar-refractivity contribution < 1.29 is 18.7 Å². The number of amides is 1. The van der Waals surface area contributed by atoms with Crippen LogP contribution in [-0.2, 0) is 9.53 Å². The van der Waals surface area contributed by atoms with Crippen LogP contribution < -0.4 is 0 Å². The van der Waals surface area contributed by atoms with Crippen molar-refractivity contribution in [1.29, 1.82) is 0 Å². The molecule has 20 heavy (non-hydrogen) atoms. The second-order valence-electron chi connectivity index (χ2n) is 4.46. The van der Waals surface area contributed by atoms with Crippen molar-refractivity contribution >= 4 is 27.8 Å². The highest BCUT2D eigenvalue weighted by molar-refractivity contribution is 9.10. The Labute approximate surface area is 126 Å². The Morgan fingerprint density at radius 2 is 2.05 bits per heavy atom. The molecule has 0 saturated heterocycles. The van der Waals surface area contributed by atoms with Gasteiger partial charge in [0.2, 0.25) is 0 Å². The second-order valence-corrected chi connectivity index (χ2v) is 5.37. The number of halogens is 2. The van der Waals surface area contributed by atoms with Crippen LogP contribution in [0.1, 0.15) is 31.1 Å². The van der Waals surface area contributed by atoms with Crippen molar-refractivity contribution in [2.45, 2.75) is 26.8 Å². The highest BCUT2D eigenvalue weighted by Crippen LogP contribution is 2.18. The molecule has 0 aliphatic carbocycles. The van der Waals surface area contributed by atoms with E-state index in [1.807, 2.05) is 0 Å². The van der Waals surface area contributed by atoms with Crippen LogP contribution in [0.2, 0.25) is 0 Å². The first kappa shape index (κ1) is 16.6. The summed E-state index contributed by atoms with van der Waals surface area (Å²) in [6.45, 7) is 5.24. The van der Waals surface area contributed by atoms with Crippen LogP contribution >= 0.6 is 15.9 Å². The average molecular weight is 346 g/mol. The van der Waals surface area contributed by atoms with Crippen LogP contribution in [-0.4, -0.2) is 36.0 Å². The van der Waals surface area contributed by atoms with Gasteiger partial charge in [-0.25, -0.2) is 4.39 Å². The third-order valence-corrected chi connectivity index (χ3v) is 3.14. The average Bonchev–Trinajstić information content (AvgIpc) is 2.38. The number of benzene rings is 1. The van der Waals surface area contributed by atoms with Gasteiger partial charge in [-0.15, -0.1) is 0 Å². The van der Waals surface area contributed by atoms with Crippen molar-refractivity contribution in [3.63, 3.8) is 0 Å². The van der Waals surface area contributed by atoms with E-state index < -0.39 is 17.7 Å². The number of ether oxygens (including phenoxy) is 1. The maximum absolute atomic E-state index is 13.7. The lowest BCUT2D eigenvalue weighted by Gasteiger charge is -2.26. The lowest BCUT2D eigenvalue weighted by molar-refractivity contribution is -0.144. The Morgan fingerprint density at radius 3 is 2.60 bits per heavy atom. The summed E-state index contributed by atoms with van der Waals surface area (Å²) in [5.74, 6) is -1.66. The van der Waals surface area contributed by atoms with Gasteiger partial charge in [0, 0.05) is 10.5 Å². The summed E-state index contributed by atoms with van der Waals surface area (Å²) in [6, 6.07) is 3.88. The number of esters is 1. The Kier molecular flexibility index (Phi) is 6.13. The highest BCUT2D eigenvalue weighted by atomic mass is 79.9. The molecule has 0 aliphatic heterocycles. The maximum atomic E-state index is 13.7. The first-order valence-electron chi connectivity index (χ1n) is 6.28. The largest absolute Gasteiger partial charge is 0.465 e. The lowest BCUT2D eigenvalue weighted by Crippen LogP contribution is -2.41. The van der Waals surface area contributed by atoms with Crippen molar-refractivity contribution in [2.75, 3.05) is 13.2 Å². The fraction of sp³-hybridized carbons (Fsp3) is 0.429. The Bertz CT molecular complexity index is 505. The fourth-order valence-corrected chi connectivity index (χ4v) is 2.01. The molecule has 0 atom stereocenters. The first-order valence-corrected chi connectivity index (χ1v) is 7.07. The van der Waals surface area contributed by atoms with E-state index in [1.54, 1.807) is 20.8 Å². The van der Waals surface area contributed by atoms with E-state index in [4.69, 9.17) is 4.74 Å². The van der Waals surface area contributed by atoms with Crippen LogP contribution in [0.4, 0.5) is 4.39 Å². The molecule has 1 aromatic rings. The second kappa shape index (κ2) is 7.38. The van der Waals surface area contributed by atoms with Crippen LogP contribution in [0.25, 0.3) is 0 Å². The van der Waals surface area contributed by atoms with Gasteiger partial charge < -0.3 is 9.64 Å². The molecule has 4 nitrogen and oxygen atoms in total. The minimum Gasteiger partial charge on any atom is -0.465 e. The lowest BCUT2D eigenvalue weighted by atomic mass is 10.1. The predicted octanol–water partition coefficient (Wildman–Crippen LogP) is 3.00. The summed E-state index contributed by atoms with van der Waals surface area (Å²) in [4.78, 5) is 25.2. The van der Waals surface area contributed by atoms with E-state index in [2.05, 4.69) is 15.9 Å². The van der Waals surface area contributed by atoms with Gasteiger partial charge in [0.1, 0.15) is 12.4 Å². The molecule has 110 valence electrons. The molecule has 0 aromatic heterocycles. The van der Waals surface area contributed by atoms with Gasteiger partial charge in [-0.1, -0.05) is 15.9 Å². The van der Waals surface area contributed by atoms with E-state index in [-0.39, 0.29) is 24.8 Å². The van der Waals surface area contributed by atoms with Crippen molar-refractivity contribution in [1.82, 2.24) is 4.90 Å². The summed E-state index contributed by atoms with van der Waals surface area (Å²) in [7, 11) is 0. The molecule has 0 spiro atoms. The van der Waals surface area contributed by atoms with Gasteiger partial charge in [-0.3, -0.25) is 9.59 Å². The fourth-order valence-electron chi connectivity index (χ4n) is 1.65. The van der Waals surface area contributed by atoms with Crippen LogP contribution in [0.15, 0.2) is 22.7 Å². The standard InChI is InChI=1S/C14H17BrFNO3/c1-4-20-13(18)8-17(9(2)3)14(19)11-7-10(15)5-6-12(11)16/h5-7,9H,4,8H2,1-3H3. The molecule has 0 bridgehead atoms. The topological polar surface area (TPSA) is 46.6 Å². The molecule has 1 rings (SSSR count). The summed E-state index contributed by atoms with van der Waals surface area (Å²) in [5.41, 5.74) is -0.0719. The monoisotopic (exact) mass is 345 g/mol. The molecule has 6 heteroatoms. The number of nitrogens with zero attached hydrogens (tertiary/aromatic N) is 1. The van der Waals surface area contributed by atoms with E-state index in [0.29, 0.717) is 4.47 Å². The molecule has 0 fully saturated rings. The van der Waals surface area contributed by atoms with Crippen molar-refractivity contribution in [3.05, 3.63) is 34.1 Å². The first-order chi connectivity index (χ1) is 9.36. The number of hydrogen-bond donors (Lipinski definition) is 0. The van der Waals surface area contributed by atoms with Crippen LogP contribution in [0.5, 0.6) is 0 Å². The summed E-state index contributed by atoms with van der Waals surface area (Å²) in [6.07, 6.45) is 0. The zero-order chi connectivity index (χ0) is 15.3. The molecule has 0 N–H and O–H groups in total. The quantitative estimate of drug-likeness (QED) is 0.770. The number of carbonyl (C=O) groups excluding carboxylic acids is 2. The molecule has 0 radical (unpaired) electrons. The minimum absolute atomic E-state index is 0.0719. The molecular weight excluding hydrogens is 329 g/mol. The van der Waals surface area contributed by atoms with Gasteiger partial charge in [-0.2, -0.15) is 0 Å². The van der Waals surface area contributed by atoms with E-state index >= 15 is 0 Å². The summed E-state index contributed by atoms with van der Waals surface area (Å²) < 4.78 is 19.2. The number of hydrogen-bond acceptors (Lipinski definition) is 3. The number of carbonyl (C=O) groups is 2. The van der Waals surface area contributed by atoms with E-state index in [0.717, 1.165) is 0 Å². The molecular formula is C14H17BrFNO3. The third kappa shape index (κ3) is 4.30. The Balaban J connectivity index is 2.99. The van der Waals surface area contributed by atoms with Gasteiger partial charge >= 0.3 is 5.97 Å². The molecule has 0 unspecified atom stereocenters. The van der Waals surface area contributed by atoms with Gasteiger partial charge in [0.15, 0.2) is 0 Å². The summed E-state index contributed by atoms with van der Waals surface area (Å²) >= 11 is 3.20. The maximum Gasteiger partial charge on any atom is 0.325 e. The Morgan fingerprint density at radius 1 is 1.40 bits per heavy atom. The zero-order valence-electron chi connectivity index (χ0n) is 11.7. The van der Waals surface area contributed by atoms with Crippen LogP contribution in [0, 0.1) is 5.82 Å². The minimum atomic E-state index is -0.618. The normalized spacial score (nSPS) is 10.5. The molecule has 0 aliphatic rings. The SMILES string of the molecule is CCOC(=O)CN(C(=O)c1cc(Br)ccc1F)C(C)C. The van der Waals surface area contributed by atoms with E-state index in [1.165, 1.54) is 23.1 Å². The van der Waals surface area contributed by atoms with Gasteiger partial charge in [-0.05, 0) is 39.0 Å². The van der Waals surface area contributed by atoms with Crippen molar-refractivity contribution in [3.8, 4) is 0 Å².